The summed E-state index contributed by atoms with van der Waals surface area (Å²) in [4.78, 5) is 30.5. The molecule has 2 heterocycles. The lowest BCUT2D eigenvalue weighted by Crippen LogP contribution is -2.29. The average Bonchev–Trinajstić information content (AvgIpc) is 2.71. The van der Waals surface area contributed by atoms with Gasteiger partial charge in [0.15, 0.2) is 17.5 Å². The molecule has 0 aliphatic carbocycles. The number of nitrogens with zero attached hydrogens (tertiary/aromatic N) is 5. The topological polar surface area (TPSA) is 99.5 Å². The molecule has 0 fully saturated rings. The van der Waals surface area contributed by atoms with Crippen molar-refractivity contribution in [2.24, 2.45) is 10.2 Å². The van der Waals surface area contributed by atoms with Crippen molar-refractivity contribution in [3.8, 4) is 11.5 Å². The molecule has 1 aliphatic heterocycles. The molecule has 1 aromatic carbocycles. The molecule has 3 rings (SSSR count). The van der Waals surface area contributed by atoms with Gasteiger partial charge in [-0.3, -0.25) is 14.2 Å². The Kier molecular flexibility index (Phi) is 6.84. The maximum Gasteiger partial charge on any atom is 0.437 e. The molecule has 0 radical (unpaired) electrons. The van der Waals surface area contributed by atoms with E-state index in [9.17, 15) is 31.5 Å². The number of carbonyl (C=O) groups excluding carboxylic acids is 1. The van der Waals surface area contributed by atoms with Crippen LogP contribution in [0.4, 0.5) is 27.6 Å². The third kappa shape index (κ3) is 5.76. The van der Waals surface area contributed by atoms with E-state index in [0.29, 0.717) is 10.9 Å². The SMILES string of the molecule is [C-]#[N+]c1cc(Cl)cc(Oc2c(C(F)(F)F)ncn(CC3=CC(OC(F)F)C(=O)N=N3)c2=O)c1. The van der Waals surface area contributed by atoms with E-state index < -0.39 is 48.3 Å². The summed E-state index contributed by atoms with van der Waals surface area (Å²) in [5.41, 5.74) is -3.26. The molecule has 33 heavy (non-hydrogen) atoms. The van der Waals surface area contributed by atoms with Crippen LogP contribution in [0.15, 0.2) is 51.3 Å². The van der Waals surface area contributed by atoms with Crippen molar-refractivity contribution < 1.29 is 36.2 Å². The van der Waals surface area contributed by atoms with Crippen LogP contribution in [0.1, 0.15) is 5.69 Å². The Labute approximate surface area is 185 Å². The van der Waals surface area contributed by atoms with Crippen LogP contribution in [0.25, 0.3) is 4.85 Å². The second kappa shape index (κ2) is 9.43. The van der Waals surface area contributed by atoms with Gasteiger partial charge in [0.1, 0.15) is 5.75 Å². The Hall–Kier alpha value is -3.70. The lowest BCUT2D eigenvalue weighted by atomic mass is 10.2. The molecule has 9 nitrogen and oxygen atoms in total. The van der Waals surface area contributed by atoms with E-state index in [4.69, 9.17) is 22.9 Å². The smallest absolute Gasteiger partial charge is 0.437 e. The standard InChI is InChI=1S/C18H9ClF5N5O4/c1-25-9-2-8(19)3-11(4-9)32-13-14(18(22,23)24)26-7-29(16(13)31)6-10-5-12(33-17(20)21)15(30)28-27-10/h2-5,7,12,17H,6H2. The summed E-state index contributed by atoms with van der Waals surface area (Å²) >= 11 is 5.82. The zero-order valence-electron chi connectivity index (χ0n) is 15.9. The third-order valence-electron chi connectivity index (χ3n) is 3.92. The van der Waals surface area contributed by atoms with Gasteiger partial charge in [0.2, 0.25) is 5.75 Å². The van der Waals surface area contributed by atoms with Crippen molar-refractivity contribution in [3.63, 3.8) is 0 Å². The fourth-order valence-electron chi connectivity index (χ4n) is 2.58. The molecule has 1 atom stereocenters. The maximum absolute atomic E-state index is 13.4. The molecule has 2 aromatic rings. The Morgan fingerprint density at radius 3 is 2.58 bits per heavy atom. The van der Waals surface area contributed by atoms with E-state index in [-0.39, 0.29) is 22.2 Å². The largest absolute Gasteiger partial charge is 0.451 e. The minimum absolute atomic E-state index is 0.0289. The Morgan fingerprint density at radius 2 is 1.94 bits per heavy atom. The van der Waals surface area contributed by atoms with Gasteiger partial charge in [0, 0.05) is 5.02 Å². The number of carbonyl (C=O) groups is 1. The van der Waals surface area contributed by atoms with Crippen LogP contribution in [-0.2, 0) is 22.3 Å². The minimum Gasteiger partial charge on any atom is -0.451 e. The van der Waals surface area contributed by atoms with Gasteiger partial charge in [-0.1, -0.05) is 11.6 Å². The first-order valence-electron chi connectivity index (χ1n) is 8.60. The van der Waals surface area contributed by atoms with Gasteiger partial charge < -0.3 is 9.47 Å². The Balaban J connectivity index is 2.01. The predicted octanol–water partition coefficient (Wildman–Crippen LogP) is 4.74. The van der Waals surface area contributed by atoms with E-state index in [0.717, 1.165) is 18.2 Å². The van der Waals surface area contributed by atoms with Gasteiger partial charge >= 0.3 is 12.8 Å². The van der Waals surface area contributed by atoms with E-state index in [1.165, 1.54) is 6.07 Å². The zero-order chi connectivity index (χ0) is 24.3. The van der Waals surface area contributed by atoms with Gasteiger partial charge in [-0.25, -0.2) is 9.83 Å². The Morgan fingerprint density at radius 1 is 1.21 bits per heavy atom. The van der Waals surface area contributed by atoms with Gasteiger partial charge in [0.05, 0.1) is 25.1 Å². The fourth-order valence-corrected chi connectivity index (χ4v) is 2.80. The molecule has 1 aromatic heterocycles. The van der Waals surface area contributed by atoms with Crippen LogP contribution in [0.3, 0.4) is 0 Å². The maximum atomic E-state index is 13.4. The molecule has 0 bridgehead atoms. The van der Waals surface area contributed by atoms with Gasteiger partial charge in [-0.05, 0) is 24.3 Å². The average molecular weight is 490 g/mol. The summed E-state index contributed by atoms with van der Waals surface area (Å²) in [5, 5.41) is 6.52. The number of benzene rings is 1. The summed E-state index contributed by atoms with van der Waals surface area (Å²) < 4.78 is 74.9. The van der Waals surface area contributed by atoms with Crippen molar-refractivity contribution in [3.05, 3.63) is 68.8 Å². The number of aromatic nitrogens is 2. The number of alkyl halides is 5. The minimum atomic E-state index is -5.08. The number of amides is 1. The van der Waals surface area contributed by atoms with Gasteiger partial charge in [-0.15, -0.1) is 5.11 Å². The lowest BCUT2D eigenvalue weighted by molar-refractivity contribution is -0.165. The number of halogens is 6. The van der Waals surface area contributed by atoms with Crippen molar-refractivity contribution >= 4 is 23.2 Å². The van der Waals surface area contributed by atoms with Crippen LogP contribution in [0, 0.1) is 6.57 Å². The van der Waals surface area contributed by atoms with Crippen molar-refractivity contribution in [1.82, 2.24) is 9.55 Å². The van der Waals surface area contributed by atoms with Crippen LogP contribution < -0.4 is 10.3 Å². The zero-order valence-corrected chi connectivity index (χ0v) is 16.6. The summed E-state index contributed by atoms with van der Waals surface area (Å²) in [6, 6.07) is 3.38. The fraction of sp³-hybridized carbons (Fsp3) is 0.222. The monoisotopic (exact) mass is 489 g/mol. The summed E-state index contributed by atoms with van der Waals surface area (Å²) in [7, 11) is 0. The first-order chi connectivity index (χ1) is 15.5. The molecule has 15 heteroatoms. The van der Waals surface area contributed by atoms with E-state index in [2.05, 4.69) is 24.8 Å². The molecule has 1 unspecified atom stereocenters. The third-order valence-corrected chi connectivity index (χ3v) is 4.13. The highest BCUT2D eigenvalue weighted by Gasteiger charge is 2.39. The van der Waals surface area contributed by atoms with Gasteiger partial charge in [-0.2, -0.15) is 27.1 Å². The highest BCUT2D eigenvalue weighted by Crippen LogP contribution is 2.36. The molecule has 0 spiro atoms. The summed E-state index contributed by atoms with van der Waals surface area (Å²) in [6.07, 6.45) is -5.49. The van der Waals surface area contributed by atoms with E-state index in [1.807, 2.05) is 0 Å². The number of allylic oxidation sites excluding steroid dienone is 1. The molecule has 0 saturated heterocycles. The molecular formula is C18H9ClF5N5O4. The molecule has 1 amide bonds. The van der Waals surface area contributed by atoms with Crippen LogP contribution in [0.2, 0.25) is 5.02 Å². The molecule has 0 N–H and O–H groups in total. The van der Waals surface area contributed by atoms with Crippen LogP contribution in [0.5, 0.6) is 11.5 Å². The van der Waals surface area contributed by atoms with Gasteiger partial charge in [0.25, 0.3) is 11.5 Å². The van der Waals surface area contributed by atoms with Crippen molar-refractivity contribution in [2.75, 3.05) is 0 Å². The number of hydrogen-bond donors (Lipinski definition) is 0. The molecule has 1 aliphatic rings. The Bertz CT molecular complexity index is 1250. The number of azo groups is 1. The number of hydrogen-bond acceptors (Lipinski definition) is 6. The lowest BCUT2D eigenvalue weighted by Gasteiger charge is -2.16. The van der Waals surface area contributed by atoms with E-state index in [1.54, 1.807) is 0 Å². The number of rotatable bonds is 6. The highest BCUT2D eigenvalue weighted by atomic mass is 35.5. The van der Waals surface area contributed by atoms with Crippen LogP contribution >= 0.6 is 11.6 Å². The van der Waals surface area contributed by atoms with E-state index >= 15 is 0 Å². The molecule has 0 saturated carbocycles. The van der Waals surface area contributed by atoms with Crippen molar-refractivity contribution in [2.45, 2.75) is 25.4 Å². The van der Waals surface area contributed by atoms with Crippen molar-refractivity contribution in [1.29, 1.82) is 0 Å². The highest BCUT2D eigenvalue weighted by molar-refractivity contribution is 6.31. The first-order valence-corrected chi connectivity index (χ1v) is 8.98. The second-order valence-corrected chi connectivity index (χ2v) is 6.66. The summed E-state index contributed by atoms with van der Waals surface area (Å²) in [5.74, 6) is -2.69. The summed E-state index contributed by atoms with van der Waals surface area (Å²) in [6.45, 7) is 3.10. The quantitative estimate of drug-likeness (QED) is 0.431. The normalized spacial score (nSPS) is 16.0. The first kappa shape index (κ1) is 24.0. The van der Waals surface area contributed by atoms with Crippen LogP contribution in [-0.4, -0.2) is 28.2 Å². The molecular weight excluding hydrogens is 481 g/mol. The predicted molar refractivity (Wildman–Crippen MR) is 100 cm³/mol. The number of ether oxygens (including phenoxy) is 2. The second-order valence-electron chi connectivity index (χ2n) is 6.23. The molecule has 172 valence electrons.